The number of nitrogens with zero attached hydrogens (tertiary/aromatic N) is 2. The minimum absolute atomic E-state index is 0.0496. The molecule has 1 aliphatic heterocycles. The SMILES string of the molecule is CCCCOC(=O)c1cnc2n(c1=O)C(C)CCC2. The Morgan fingerprint density at radius 3 is 3.11 bits per heavy atom. The molecule has 5 nitrogen and oxygen atoms in total. The molecule has 1 atom stereocenters. The smallest absolute Gasteiger partial charge is 0.345 e. The lowest BCUT2D eigenvalue weighted by Gasteiger charge is -2.24. The van der Waals surface area contributed by atoms with Crippen LogP contribution in [0.15, 0.2) is 11.0 Å². The molecular weight excluding hydrogens is 244 g/mol. The highest BCUT2D eigenvalue weighted by atomic mass is 16.5. The van der Waals surface area contributed by atoms with E-state index in [4.69, 9.17) is 4.74 Å². The topological polar surface area (TPSA) is 61.2 Å². The first-order chi connectivity index (χ1) is 9.15. The molecule has 1 aromatic rings. The number of carbonyl (C=O) groups is 1. The first-order valence-electron chi connectivity index (χ1n) is 6.92. The van der Waals surface area contributed by atoms with Crippen molar-refractivity contribution in [2.45, 2.75) is 52.0 Å². The van der Waals surface area contributed by atoms with Crippen LogP contribution in [-0.2, 0) is 11.2 Å². The Bertz CT molecular complexity index is 522. The van der Waals surface area contributed by atoms with E-state index in [1.54, 1.807) is 4.57 Å². The fourth-order valence-electron chi connectivity index (χ4n) is 2.35. The molecule has 0 aliphatic carbocycles. The molecule has 104 valence electrons. The molecule has 5 heteroatoms. The lowest BCUT2D eigenvalue weighted by molar-refractivity contribution is 0.0495. The van der Waals surface area contributed by atoms with Gasteiger partial charge in [-0.15, -0.1) is 0 Å². The summed E-state index contributed by atoms with van der Waals surface area (Å²) in [6.07, 6.45) is 5.90. The van der Waals surface area contributed by atoms with Crippen LogP contribution in [0.5, 0.6) is 0 Å². The third-order valence-corrected chi connectivity index (χ3v) is 3.48. The van der Waals surface area contributed by atoms with Crippen molar-refractivity contribution in [3.63, 3.8) is 0 Å². The number of unbranched alkanes of at least 4 members (excludes halogenated alkanes) is 1. The first kappa shape index (κ1) is 13.8. The van der Waals surface area contributed by atoms with E-state index in [9.17, 15) is 9.59 Å². The summed E-state index contributed by atoms with van der Waals surface area (Å²) in [6.45, 7) is 4.36. The number of fused-ring (bicyclic) bond motifs is 1. The number of esters is 1. The van der Waals surface area contributed by atoms with E-state index < -0.39 is 5.97 Å². The number of aromatic nitrogens is 2. The normalized spacial score (nSPS) is 17.9. The minimum atomic E-state index is -0.556. The van der Waals surface area contributed by atoms with Crippen LogP contribution >= 0.6 is 0 Å². The van der Waals surface area contributed by atoms with Gasteiger partial charge in [-0.1, -0.05) is 13.3 Å². The summed E-state index contributed by atoms with van der Waals surface area (Å²) < 4.78 is 6.72. The molecule has 0 fully saturated rings. The lowest BCUT2D eigenvalue weighted by atomic mass is 10.1. The third-order valence-electron chi connectivity index (χ3n) is 3.48. The standard InChI is InChI=1S/C14H20N2O3/c1-3-4-8-19-14(18)11-9-15-12-7-5-6-10(2)16(12)13(11)17/h9-10H,3-8H2,1-2H3. The number of carbonyl (C=O) groups excluding carboxylic acids is 1. The van der Waals surface area contributed by atoms with Crippen LogP contribution in [-0.4, -0.2) is 22.1 Å². The second-order valence-corrected chi connectivity index (χ2v) is 4.99. The Kier molecular flexibility index (Phi) is 4.35. The Morgan fingerprint density at radius 2 is 2.37 bits per heavy atom. The molecule has 0 spiro atoms. The highest BCUT2D eigenvalue weighted by Gasteiger charge is 2.22. The molecule has 2 heterocycles. The zero-order valence-corrected chi connectivity index (χ0v) is 11.5. The number of rotatable bonds is 4. The molecule has 1 aromatic heterocycles. The van der Waals surface area contributed by atoms with Crippen molar-refractivity contribution < 1.29 is 9.53 Å². The summed E-state index contributed by atoms with van der Waals surface area (Å²) in [7, 11) is 0. The van der Waals surface area contributed by atoms with Crippen molar-refractivity contribution in [3.05, 3.63) is 27.9 Å². The summed E-state index contributed by atoms with van der Waals surface area (Å²) in [4.78, 5) is 28.4. The van der Waals surface area contributed by atoms with Gasteiger partial charge in [0.2, 0.25) is 0 Å². The molecule has 0 saturated carbocycles. The molecule has 0 bridgehead atoms. The first-order valence-corrected chi connectivity index (χ1v) is 6.92. The van der Waals surface area contributed by atoms with Crippen LogP contribution in [0.2, 0.25) is 0 Å². The van der Waals surface area contributed by atoms with Gasteiger partial charge in [0.1, 0.15) is 11.4 Å². The van der Waals surface area contributed by atoms with Crippen molar-refractivity contribution in [1.29, 1.82) is 0 Å². The largest absolute Gasteiger partial charge is 0.462 e. The van der Waals surface area contributed by atoms with E-state index in [0.29, 0.717) is 6.61 Å². The maximum atomic E-state index is 12.3. The van der Waals surface area contributed by atoms with Gasteiger partial charge in [0.25, 0.3) is 5.56 Å². The van der Waals surface area contributed by atoms with Crippen LogP contribution in [0.3, 0.4) is 0 Å². The summed E-state index contributed by atoms with van der Waals surface area (Å²) >= 11 is 0. The second-order valence-electron chi connectivity index (χ2n) is 4.99. The van der Waals surface area contributed by atoms with Gasteiger partial charge in [-0.05, 0) is 26.2 Å². The Hall–Kier alpha value is -1.65. The molecule has 0 radical (unpaired) electrons. The van der Waals surface area contributed by atoms with Crippen LogP contribution in [0.4, 0.5) is 0 Å². The van der Waals surface area contributed by atoms with Crippen molar-refractivity contribution in [1.82, 2.24) is 9.55 Å². The van der Waals surface area contributed by atoms with Crippen LogP contribution < -0.4 is 5.56 Å². The maximum Gasteiger partial charge on any atom is 0.345 e. The number of hydrogen-bond donors (Lipinski definition) is 0. The number of hydrogen-bond acceptors (Lipinski definition) is 4. The Morgan fingerprint density at radius 1 is 1.58 bits per heavy atom. The van der Waals surface area contributed by atoms with Crippen molar-refractivity contribution >= 4 is 5.97 Å². The molecule has 0 saturated heterocycles. The monoisotopic (exact) mass is 264 g/mol. The lowest BCUT2D eigenvalue weighted by Crippen LogP contribution is -2.34. The predicted octanol–water partition coefficient (Wildman–Crippen LogP) is 2.10. The fraction of sp³-hybridized carbons (Fsp3) is 0.643. The Labute approximate surface area is 112 Å². The van der Waals surface area contributed by atoms with Gasteiger partial charge in [0.15, 0.2) is 0 Å². The summed E-state index contributed by atoms with van der Waals surface area (Å²) in [5.74, 6) is 0.216. The zero-order chi connectivity index (χ0) is 13.8. The zero-order valence-electron chi connectivity index (χ0n) is 11.5. The van der Waals surface area contributed by atoms with Gasteiger partial charge in [-0.25, -0.2) is 9.78 Å². The molecule has 1 aliphatic rings. The van der Waals surface area contributed by atoms with Crippen LogP contribution in [0.25, 0.3) is 0 Å². The fourth-order valence-corrected chi connectivity index (χ4v) is 2.35. The summed E-state index contributed by atoms with van der Waals surface area (Å²) in [5.41, 5.74) is -0.215. The highest BCUT2D eigenvalue weighted by Crippen LogP contribution is 2.20. The molecule has 0 N–H and O–H groups in total. The van der Waals surface area contributed by atoms with Gasteiger partial charge in [-0.2, -0.15) is 0 Å². The van der Waals surface area contributed by atoms with E-state index in [1.165, 1.54) is 6.20 Å². The highest BCUT2D eigenvalue weighted by molar-refractivity contribution is 5.88. The van der Waals surface area contributed by atoms with Crippen LogP contribution in [0.1, 0.15) is 61.8 Å². The number of aryl methyl sites for hydroxylation is 1. The Balaban J connectivity index is 2.25. The van der Waals surface area contributed by atoms with Gasteiger partial charge in [0.05, 0.1) is 6.61 Å². The summed E-state index contributed by atoms with van der Waals surface area (Å²) in [5, 5.41) is 0. The maximum absolute atomic E-state index is 12.3. The molecule has 2 rings (SSSR count). The molecule has 0 aromatic carbocycles. The van der Waals surface area contributed by atoms with Gasteiger partial charge >= 0.3 is 5.97 Å². The minimum Gasteiger partial charge on any atom is -0.462 e. The van der Waals surface area contributed by atoms with Crippen molar-refractivity contribution in [2.24, 2.45) is 0 Å². The second kappa shape index (κ2) is 5.99. The average Bonchev–Trinajstić information content (AvgIpc) is 2.39. The molecular formula is C14H20N2O3. The van der Waals surface area contributed by atoms with Crippen molar-refractivity contribution in [3.8, 4) is 0 Å². The molecule has 0 amide bonds. The van der Waals surface area contributed by atoms with Gasteiger partial charge in [0, 0.05) is 18.7 Å². The molecule has 1 unspecified atom stereocenters. The van der Waals surface area contributed by atoms with E-state index in [2.05, 4.69) is 4.98 Å². The van der Waals surface area contributed by atoms with E-state index in [1.807, 2.05) is 13.8 Å². The predicted molar refractivity (Wildman–Crippen MR) is 71.3 cm³/mol. The molecule has 19 heavy (non-hydrogen) atoms. The van der Waals surface area contributed by atoms with Gasteiger partial charge in [-0.3, -0.25) is 9.36 Å². The quantitative estimate of drug-likeness (QED) is 0.617. The number of ether oxygens (including phenoxy) is 1. The van der Waals surface area contributed by atoms with Crippen LogP contribution in [0, 0.1) is 0 Å². The summed E-state index contributed by atoms with van der Waals surface area (Å²) in [6, 6.07) is 0.104. The third kappa shape index (κ3) is 2.85. The average molecular weight is 264 g/mol. The van der Waals surface area contributed by atoms with Gasteiger partial charge < -0.3 is 4.74 Å². The van der Waals surface area contributed by atoms with E-state index in [-0.39, 0.29) is 17.2 Å². The van der Waals surface area contributed by atoms with Crippen molar-refractivity contribution in [2.75, 3.05) is 6.61 Å². The van der Waals surface area contributed by atoms with E-state index >= 15 is 0 Å². The van der Waals surface area contributed by atoms with E-state index in [0.717, 1.165) is 37.9 Å².